The third-order valence-corrected chi connectivity index (χ3v) is 5.10. The first-order valence-electron chi connectivity index (χ1n) is 7.36. The Morgan fingerprint density at radius 1 is 1.30 bits per heavy atom. The lowest BCUT2D eigenvalue weighted by Crippen LogP contribution is -2.47. The number of rotatable bonds is 5. The molecule has 1 atom stereocenters. The number of benzene rings is 1. The lowest BCUT2D eigenvalue weighted by atomic mass is 10.0. The van der Waals surface area contributed by atoms with E-state index in [1.807, 2.05) is 13.0 Å². The highest BCUT2D eigenvalue weighted by Crippen LogP contribution is 2.30. The van der Waals surface area contributed by atoms with Crippen molar-refractivity contribution in [1.29, 1.82) is 0 Å². The van der Waals surface area contributed by atoms with Crippen molar-refractivity contribution in [3.8, 4) is 5.75 Å². The maximum Gasteiger partial charge on any atom is 0.313 e. The highest BCUT2D eigenvalue weighted by atomic mass is 32.2. The largest absolute Gasteiger partial charge is 0.495 e. The maximum absolute atomic E-state index is 12.1. The van der Waals surface area contributed by atoms with E-state index in [1.165, 1.54) is 7.11 Å². The monoisotopic (exact) mass is 338 g/mol. The van der Waals surface area contributed by atoms with Crippen molar-refractivity contribution in [3.63, 3.8) is 0 Å². The molecule has 1 aliphatic heterocycles. The molecule has 126 valence electrons. The first-order chi connectivity index (χ1) is 11.0. The Bertz CT molecular complexity index is 585. The van der Waals surface area contributed by atoms with E-state index in [0.29, 0.717) is 18.0 Å². The minimum absolute atomic E-state index is 0.327. The van der Waals surface area contributed by atoms with E-state index in [0.717, 1.165) is 23.5 Å². The molecule has 23 heavy (non-hydrogen) atoms. The highest BCUT2D eigenvalue weighted by Gasteiger charge is 2.35. The standard InChI is InChI=1S/C16H22N2O4S/c1-11-4-5-13(21-2)12(8-11)18-15(20)14(19)17-9-16(22-3)6-7-23-10-16/h4-5,8H,6-7,9-10H2,1-3H3,(H,17,19)(H,18,20). The van der Waals surface area contributed by atoms with Crippen LogP contribution in [0, 0.1) is 6.92 Å². The molecule has 0 spiro atoms. The van der Waals surface area contributed by atoms with Gasteiger partial charge in [0, 0.05) is 19.4 Å². The normalized spacial score (nSPS) is 20.1. The number of amides is 2. The Morgan fingerprint density at radius 3 is 2.70 bits per heavy atom. The lowest BCUT2D eigenvalue weighted by Gasteiger charge is -2.26. The van der Waals surface area contributed by atoms with Gasteiger partial charge in [0.1, 0.15) is 5.75 Å². The van der Waals surface area contributed by atoms with Crippen LogP contribution in [0.4, 0.5) is 5.69 Å². The molecule has 1 fully saturated rings. The average molecular weight is 338 g/mol. The van der Waals surface area contributed by atoms with Crippen LogP contribution in [0.3, 0.4) is 0 Å². The van der Waals surface area contributed by atoms with E-state index in [4.69, 9.17) is 9.47 Å². The molecule has 1 aromatic carbocycles. The molecular formula is C16H22N2O4S. The molecule has 2 rings (SSSR count). The zero-order valence-corrected chi connectivity index (χ0v) is 14.4. The summed E-state index contributed by atoms with van der Waals surface area (Å²) < 4.78 is 10.7. The summed E-state index contributed by atoms with van der Waals surface area (Å²) >= 11 is 1.78. The van der Waals surface area contributed by atoms with E-state index >= 15 is 0 Å². The summed E-state index contributed by atoms with van der Waals surface area (Å²) in [7, 11) is 3.15. The third-order valence-electron chi connectivity index (χ3n) is 3.88. The number of aryl methyl sites for hydroxylation is 1. The first kappa shape index (κ1) is 17.6. The topological polar surface area (TPSA) is 76.7 Å². The number of anilines is 1. The van der Waals surface area contributed by atoms with Crippen LogP contribution in [0.15, 0.2) is 18.2 Å². The number of carbonyl (C=O) groups excluding carboxylic acids is 2. The molecule has 1 unspecified atom stereocenters. The predicted octanol–water partition coefficient (Wildman–Crippen LogP) is 1.58. The van der Waals surface area contributed by atoms with Crippen LogP contribution in [-0.4, -0.2) is 49.7 Å². The van der Waals surface area contributed by atoms with E-state index < -0.39 is 11.8 Å². The number of nitrogens with one attached hydrogen (secondary N) is 2. The van der Waals surface area contributed by atoms with Gasteiger partial charge in [0.25, 0.3) is 0 Å². The average Bonchev–Trinajstić information content (AvgIpc) is 3.02. The maximum atomic E-state index is 12.1. The molecule has 1 aliphatic rings. The van der Waals surface area contributed by atoms with Gasteiger partial charge < -0.3 is 20.1 Å². The van der Waals surface area contributed by atoms with Gasteiger partial charge in [-0.2, -0.15) is 11.8 Å². The molecule has 2 amide bonds. The summed E-state index contributed by atoms with van der Waals surface area (Å²) in [5.74, 6) is 0.929. The fourth-order valence-electron chi connectivity index (χ4n) is 2.38. The molecule has 0 aliphatic carbocycles. The molecule has 0 radical (unpaired) electrons. The quantitative estimate of drug-likeness (QED) is 0.797. The number of hydrogen-bond acceptors (Lipinski definition) is 5. The van der Waals surface area contributed by atoms with E-state index in [1.54, 1.807) is 31.0 Å². The van der Waals surface area contributed by atoms with Crippen LogP contribution in [0.5, 0.6) is 5.75 Å². The molecule has 1 saturated heterocycles. The Hall–Kier alpha value is -1.73. The van der Waals surface area contributed by atoms with E-state index in [9.17, 15) is 9.59 Å². The van der Waals surface area contributed by atoms with Crippen LogP contribution >= 0.6 is 11.8 Å². The van der Waals surface area contributed by atoms with Crippen molar-refractivity contribution < 1.29 is 19.1 Å². The summed E-state index contributed by atoms with van der Waals surface area (Å²) in [5, 5.41) is 5.24. The molecular weight excluding hydrogens is 316 g/mol. The highest BCUT2D eigenvalue weighted by molar-refractivity contribution is 7.99. The van der Waals surface area contributed by atoms with Crippen LogP contribution in [0.1, 0.15) is 12.0 Å². The second-order valence-corrected chi connectivity index (χ2v) is 6.64. The first-order valence-corrected chi connectivity index (χ1v) is 8.52. The summed E-state index contributed by atoms with van der Waals surface area (Å²) in [6.07, 6.45) is 0.863. The third kappa shape index (κ3) is 4.39. The Balaban J connectivity index is 1.95. The van der Waals surface area contributed by atoms with Gasteiger partial charge in [0.15, 0.2) is 0 Å². The summed E-state index contributed by atoms with van der Waals surface area (Å²) in [4.78, 5) is 24.1. The van der Waals surface area contributed by atoms with Gasteiger partial charge in [0.05, 0.1) is 18.4 Å². The second-order valence-electron chi connectivity index (χ2n) is 5.53. The van der Waals surface area contributed by atoms with Gasteiger partial charge in [-0.1, -0.05) is 6.07 Å². The molecule has 0 saturated carbocycles. The van der Waals surface area contributed by atoms with Gasteiger partial charge in [-0.05, 0) is 36.8 Å². The zero-order chi connectivity index (χ0) is 16.9. The van der Waals surface area contributed by atoms with Gasteiger partial charge >= 0.3 is 11.8 Å². The molecule has 1 heterocycles. The SMILES string of the molecule is COc1ccc(C)cc1NC(=O)C(=O)NCC1(OC)CCSC1. The zero-order valence-electron chi connectivity index (χ0n) is 13.6. The van der Waals surface area contributed by atoms with Crippen molar-refractivity contribution in [3.05, 3.63) is 23.8 Å². The molecule has 0 aromatic heterocycles. The molecule has 1 aromatic rings. The van der Waals surface area contributed by atoms with Crippen molar-refractivity contribution in [1.82, 2.24) is 5.32 Å². The minimum atomic E-state index is -0.717. The number of thioether (sulfide) groups is 1. The summed E-state index contributed by atoms with van der Waals surface area (Å²) in [6.45, 7) is 2.23. The number of hydrogen-bond donors (Lipinski definition) is 2. The minimum Gasteiger partial charge on any atom is -0.495 e. The lowest BCUT2D eigenvalue weighted by molar-refractivity contribution is -0.136. The Morgan fingerprint density at radius 2 is 2.09 bits per heavy atom. The van der Waals surface area contributed by atoms with Crippen molar-refractivity contribution in [2.24, 2.45) is 0 Å². The molecule has 6 nitrogen and oxygen atoms in total. The van der Waals surface area contributed by atoms with Crippen LogP contribution in [0.2, 0.25) is 0 Å². The van der Waals surface area contributed by atoms with Crippen molar-refractivity contribution in [2.75, 3.05) is 37.6 Å². The van der Waals surface area contributed by atoms with E-state index in [-0.39, 0.29) is 5.60 Å². The Labute approximate surface area is 140 Å². The van der Waals surface area contributed by atoms with Gasteiger partial charge in [-0.3, -0.25) is 9.59 Å². The molecule has 2 N–H and O–H groups in total. The number of carbonyl (C=O) groups is 2. The Kier molecular flexibility index (Phi) is 5.90. The van der Waals surface area contributed by atoms with Crippen LogP contribution < -0.4 is 15.4 Å². The molecule has 0 bridgehead atoms. The predicted molar refractivity (Wildman–Crippen MR) is 91.1 cm³/mol. The fourth-order valence-corrected chi connectivity index (χ4v) is 3.78. The van der Waals surface area contributed by atoms with Crippen molar-refractivity contribution >= 4 is 29.3 Å². The van der Waals surface area contributed by atoms with Gasteiger partial charge in [0.2, 0.25) is 0 Å². The van der Waals surface area contributed by atoms with Gasteiger partial charge in [-0.25, -0.2) is 0 Å². The van der Waals surface area contributed by atoms with Crippen LogP contribution in [0.25, 0.3) is 0 Å². The summed E-state index contributed by atoms with van der Waals surface area (Å²) in [6, 6.07) is 5.38. The van der Waals surface area contributed by atoms with Crippen LogP contribution in [-0.2, 0) is 14.3 Å². The van der Waals surface area contributed by atoms with E-state index in [2.05, 4.69) is 10.6 Å². The van der Waals surface area contributed by atoms with Crippen molar-refractivity contribution in [2.45, 2.75) is 18.9 Å². The van der Waals surface area contributed by atoms with Gasteiger partial charge in [-0.15, -0.1) is 0 Å². The fraction of sp³-hybridized carbons (Fsp3) is 0.500. The summed E-state index contributed by atoms with van der Waals surface area (Å²) in [5.41, 5.74) is 1.06. The number of methoxy groups -OCH3 is 2. The number of ether oxygens (including phenoxy) is 2. The second kappa shape index (κ2) is 7.70. The molecule has 7 heteroatoms. The smallest absolute Gasteiger partial charge is 0.313 e.